The molecule has 96 valence electrons. The molecule has 1 aliphatic heterocycles. The van der Waals surface area contributed by atoms with Gasteiger partial charge in [0.15, 0.2) is 0 Å². The number of fused-ring (bicyclic) bond motifs is 1. The fraction of sp³-hybridized carbons (Fsp3) is 0.385. The Morgan fingerprint density at radius 3 is 2.22 bits per heavy atom. The van der Waals surface area contributed by atoms with Crippen molar-refractivity contribution in [3.63, 3.8) is 0 Å². The Morgan fingerprint density at radius 2 is 1.67 bits per heavy atom. The maximum absolute atomic E-state index is 12.0. The van der Waals surface area contributed by atoms with Gasteiger partial charge >= 0.3 is 0 Å². The molecule has 5 heteroatoms. The zero-order chi connectivity index (χ0) is 13.0. The van der Waals surface area contributed by atoms with Crippen molar-refractivity contribution in [3.05, 3.63) is 35.4 Å². The van der Waals surface area contributed by atoms with Gasteiger partial charge in [-0.05, 0) is 24.3 Å². The quantitative estimate of drug-likeness (QED) is 0.622. The molecule has 0 saturated heterocycles. The lowest BCUT2D eigenvalue weighted by Crippen LogP contribution is -2.31. The smallest absolute Gasteiger partial charge is 0.261 e. The van der Waals surface area contributed by atoms with Crippen LogP contribution in [0.1, 0.15) is 27.1 Å². The number of imide groups is 1. The van der Waals surface area contributed by atoms with Crippen LogP contribution >= 0.6 is 11.8 Å². The van der Waals surface area contributed by atoms with Gasteiger partial charge in [-0.15, -0.1) is 0 Å². The molecule has 0 aliphatic carbocycles. The van der Waals surface area contributed by atoms with Crippen molar-refractivity contribution in [1.82, 2.24) is 4.90 Å². The summed E-state index contributed by atoms with van der Waals surface area (Å²) in [7, 11) is 0. The van der Waals surface area contributed by atoms with E-state index in [0.717, 1.165) is 17.9 Å². The van der Waals surface area contributed by atoms with Crippen LogP contribution in [0.25, 0.3) is 0 Å². The standard InChI is InChI=1S/C13H16N2O2S/c14-6-9-18-8-3-7-15-12(16)10-4-1-2-5-11(10)13(15)17/h1-2,4-5H,3,6-9,14H2. The van der Waals surface area contributed by atoms with Crippen LogP contribution in [0.15, 0.2) is 24.3 Å². The zero-order valence-electron chi connectivity index (χ0n) is 10.1. The van der Waals surface area contributed by atoms with Gasteiger partial charge in [-0.2, -0.15) is 11.8 Å². The minimum Gasteiger partial charge on any atom is -0.330 e. The van der Waals surface area contributed by atoms with Gasteiger partial charge in [-0.25, -0.2) is 0 Å². The maximum atomic E-state index is 12.0. The van der Waals surface area contributed by atoms with Gasteiger partial charge in [0.25, 0.3) is 11.8 Å². The molecule has 18 heavy (non-hydrogen) atoms. The van der Waals surface area contributed by atoms with Crippen molar-refractivity contribution < 1.29 is 9.59 Å². The summed E-state index contributed by atoms with van der Waals surface area (Å²) < 4.78 is 0. The van der Waals surface area contributed by atoms with Gasteiger partial charge in [-0.3, -0.25) is 14.5 Å². The van der Waals surface area contributed by atoms with Crippen LogP contribution in [0.3, 0.4) is 0 Å². The second kappa shape index (κ2) is 6.02. The number of carbonyl (C=O) groups excluding carboxylic acids is 2. The molecular formula is C13H16N2O2S. The monoisotopic (exact) mass is 264 g/mol. The van der Waals surface area contributed by atoms with E-state index in [1.165, 1.54) is 4.90 Å². The number of nitrogens with two attached hydrogens (primary N) is 1. The molecule has 0 unspecified atom stereocenters. The van der Waals surface area contributed by atoms with Gasteiger partial charge in [0.05, 0.1) is 11.1 Å². The molecule has 4 nitrogen and oxygen atoms in total. The summed E-state index contributed by atoms with van der Waals surface area (Å²) in [6.45, 7) is 1.15. The van der Waals surface area contributed by atoms with E-state index in [1.807, 2.05) is 0 Å². The number of thioether (sulfide) groups is 1. The van der Waals surface area contributed by atoms with E-state index >= 15 is 0 Å². The van der Waals surface area contributed by atoms with Gasteiger partial charge in [-0.1, -0.05) is 12.1 Å². The molecular weight excluding hydrogens is 248 g/mol. The summed E-state index contributed by atoms with van der Waals surface area (Å²) in [5, 5.41) is 0. The average molecular weight is 264 g/mol. The van der Waals surface area contributed by atoms with Crippen molar-refractivity contribution in [2.75, 3.05) is 24.6 Å². The number of hydrogen-bond acceptors (Lipinski definition) is 4. The van der Waals surface area contributed by atoms with Gasteiger partial charge in [0.2, 0.25) is 0 Å². The van der Waals surface area contributed by atoms with Gasteiger partial charge in [0, 0.05) is 18.8 Å². The molecule has 0 spiro atoms. The summed E-state index contributed by atoms with van der Waals surface area (Å²) in [4.78, 5) is 25.4. The third-order valence-electron chi connectivity index (χ3n) is 2.81. The Bertz CT molecular complexity index is 427. The maximum Gasteiger partial charge on any atom is 0.261 e. The van der Waals surface area contributed by atoms with Crippen molar-refractivity contribution in [3.8, 4) is 0 Å². The van der Waals surface area contributed by atoms with E-state index in [9.17, 15) is 9.59 Å². The molecule has 0 radical (unpaired) electrons. The summed E-state index contributed by atoms with van der Waals surface area (Å²) in [5.41, 5.74) is 6.45. The van der Waals surface area contributed by atoms with Crippen LogP contribution in [0, 0.1) is 0 Å². The highest BCUT2D eigenvalue weighted by Crippen LogP contribution is 2.22. The predicted octanol–water partition coefficient (Wildman–Crippen LogP) is 1.36. The lowest BCUT2D eigenvalue weighted by molar-refractivity contribution is 0.0655. The topological polar surface area (TPSA) is 63.4 Å². The summed E-state index contributed by atoms with van der Waals surface area (Å²) in [6, 6.07) is 6.98. The number of rotatable bonds is 6. The van der Waals surface area contributed by atoms with Crippen molar-refractivity contribution >= 4 is 23.6 Å². The van der Waals surface area contributed by atoms with Crippen LogP contribution in [0.2, 0.25) is 0 Å². The predicted molar refractivity (Wildman–Crippen MR) is 72.8 cm³/mol. The van der Waals surface area contributed by atoms with Crippen LogP contribution in [0.4, 0.5) is 0 Å². The third-order valence-corrected chi connectivity index (χ3v) is 3.91. The highest BCUT2D eigenvalue weighted by atomic mass is 32.2. The Hall–Kier alpha value is -1.33. The van der Waals surface area contributed by atoms with Crippen LogP contribution in [0.5, 0.6) is 0 Å². The summed E-state index contributed by atoms with van der Waals surface area (Å²) >= 11 is 1.75. The highest BCUT2D eigenvalue weighted by molar-refractivity contribution is 7.99. The van der Waals surface area contributed by atoms with Crippen LogP contribution in [-0.4, -0.2) is 41.3 Å². The van der Waals surface area contributed by atoms with Crippen LogP contribution < -0.4 is 5.73 Å². The molecule has 2 rings (SSSR count). The van der Waals surface area contributed by atoms with Crippen LogP contribution in [-0.2, 0) is 0 Å². The SMILES string of the molecule is NCCSCCCN1C(=O)c2ccccc2C1=O. The molecule has 1 aromatic rings. The normalized spacial score (nSPS) is 14.2. The largest absolute Gasteiger partial charge is 0.330 e. The fourth-order valence-electron chi connectivity index (χ4n) is 1.95. The summed E-state index contributed by atoms with van der Waals surface area (Å²) in [5.74, 6) is 1.51. The van der Waals surface area contributed by atoms with Crippen molar-refractivity contribution in [1.29, 1.82) is 0 Å². The second-order valence-electron chi connectivity index (χ2n) is 4.06. The van der Waals surface area contributed by atoms with Gasteiger partial charge in [0.1, 0.15) is 0 Å². The Morgan fingerprint density at radius 1 is 1.06 bits per heavy atom. The molecule has 0 atom stereocenters. The number of carbonyl (C=O) groups is 2. The minimum absolute atomic E-state index is 0.167. The average Bonchev–Trinajstić information content (AvgIpc) is 2.64. The molecule has 0 saturated carbocycles. The molecule has 2 amide bonds. The first-order chi connectivity index (χ1) is 8.75. The first-order valence-electron chi connectivity index (χ1n) is 5.98. The number of nitrogens with zero attached hydrogens (tertiary/aromatic N) is 1. The number of hydrogen-bond donors (Lipinski definition) is 1. The molecule has 1 aromatic carbocycles. The van der Waals surface area contributed by atoms with E-state index in [4.69, 9.17) is 5.73 Å². The third kappa shape index (κ3) is 2.57. The zero-order valence-corrected chi connectivity index (χ0v) is 10.9. The van der Waals surface area contributed by atoms with E-state index < -0.39 is 0 Å². The Kier molecular flexibility index (Phi) is 4.38. The molecule has 0 fully saturated rings. The molecule has 0 bridgehead atoms. The lowest BCUT2D eigenvalue weighted by Gasteiger charge is -2.13. The first-order valence-corrected chi connectivity index (χ1v) is 7.14. The summed E-state index contributed by atoms with van der Waals surface area (Å²) in [6.07, 6.45) is 0.816. The first kappa shape index (κ1) is 13.1. The van der Waals surface area contributed by atoms with E-state index in [1.54, 1.807) is 36.0 Å². The lowest BCUT2D eigenvalue weighted by atomic mass is 10.1. The molecule has 0 aromatic heterocycles. The highest BCUT2D eigenvalue weighted by Gasteiger charge is 2.34. The minimum atomic E-state index is -0.167. The number of amides is 2. The molecule has 1 heterocycles. The number of benzene rings is 1. The van der Waals surface area contributed by atoms with Crippen molar-refractivity contribution in [2.45, 2.75) is 6.42 Å². The Balaban J connectivity index is 1.93. The van der Waals surface area contributed by atoms with E-state index in [-0.39, 0.29) is 11.8 Å². The van der Waals surface area contributed by atoms with Crippen molar-refractivity contribution in [2.24, 2.45) is 5.73 Å². The molecule has 1 aliphatic rings. The second-order valence-corrected chi connectivity index (χ2v) is 5.29. The molecule has 2 N–H and O–H groups in total. The Labute approximate surface area is 111 Å². The van der Waals surface area contributed by atoms with Gasteiger partial charge < -0.3 is 5.73 Å². The van der Waals surface area contributed by atoms with E-state index in [2.05, 4.69) is 0 Å². The fourth-order valence-corrected chi connectivity index (χ4v) is 2.66. The van der Waals surface area contributed by atoms with E-state index in [0.29, 0.717) is 24.2 Å².